The van der Waals surface area contributed by atoms with Crippen molar-refractivity contribution in [3.8, 4) is 5.75 Å². The number of anilines is 1. The van der Waals surface area contributed by atoms with Crippen LogP contribution in [-0.2, 0) is 6.54 Å². The first-order chi connectivity index (χ1) is 9.24. The summed E-state index contributed by atoms with van der Waals surface area (Å²) in [6, 6.07) is 15.1. The molecule has 19 heavy (non-hydrogen) atoms. The van der Waals surface area contributed by atoms with Gasteiger partial charge in [0, 0.05) is 20.7 Å². The summed E-state index contributed by atoms with van der Waals surface area (Å²) in [5, 5.41) is 14.5. The molecule has 0 unspecified atom stereocenters. The number of thiophene rings is 1. The molecule has 4 heteroatoms. The van der Waals surface area contributed by atoms with Gasteiger partial charge in [-0.25, -0.2) is 0 Å². The van der Waals surface area contributed by atoms with Gasteiger partial charge < -0.3 is 10.4 Å². The molecule has 3 rings (SSSR count). The molecule has 0 radical (unpaired) electrons. The average Bonchev–Trinajstić information content (AvgIpc) is 2.76. The number of fused-ring (bicyclic) bond motifs is 1. The second kappa shape index (κ2) is 5.11. The van der Waals surface area contributed by atoms with Crippen LogP contribution in [0.15, 0.2) is 48.5 Å². The zero-order valence-electron chi connectivity index (χ0n) is 10.1. The normalized spacial score (nSPS) is 10.8. The monoisotopic (exact) mass is 289 g/mol. The van der Waals surface area contributed by atoms with Crippen LogP contribution in [0, 0.1) is 0 Å². The van der Waals surface area contributed by atoms with Crippen molar-refractivity contribution in [1.82, 2.24) is 0 Å². The van der Waals surface area contributed by atoms with E-state index in [1.807, 2.05) is 30.3 Å². The minimum atomic E-state index is 0.269. The average molecular weight is 290 g/mol. The van der Waals surface area contributed by atoms with Gasteiger partial charge in [0.1, 0.15) is 5.75 Å². The Labute approximate surface area is 120 Å². The van der Waals surface area contributed by atoms with E-state index >= 15 is 0 Å². The van der Waals surface area contributed by atoms with Crippen LogP contribution >= 0.6 is 22.9 Å². The lowest BCUT2D eigenvalue weighted by Gasteiger charge is -2.05. The summed E-state index contributed by atoms with van der Waals surface area (Å²) in [6.07, 6.45) is 0. The van der Waals surface area contributed by atoms with Gasteiger partial charge in [0.25, 0.3) is 0 Å². The van der Waals surface area contributed by atoms with Gasteiger partial charge in [0.2, 0.25) is 0 Å². The molecule has 1 heterocycles. The van der Waals surface area contributed by atoms with Gasteiger partial charge in [-0.05, 0) is 30.3 Å². The van der Waals surface area contributed by atoms with Gasteiger partial charge in [-0.15, -0.1) is 11.3 Å². The summed E-state index contributed by atoms with van der Waals surface area (Å²) >= 11 is 8.08. The van der Waals surface area contributed by atoms with E-state index in [4.69, 9.17) is 11.6 Å². The Balaban J connectivity index is 1.82. The Morgan fingerprint density at radius 1 is 1.05 bits per heavy atom. The van der Waals surface area contributed by atoms with Crippen LogP contribution in [-0.4, -0.2) is 5.11 Å². The summed E-state index contributed by atoms with van der Waals surface area (Å²) in [6.45, 7) is 0.683. The summed E-state index contributed by atoms with van der Waals surface area (Å²) in [4.78, 5) is 1.12. The van der Waals surface area contributed by atoms with Crippen molar-refractivity contribution in [3.63, 3.8) is 0 Å². The van der Waals surface area contributed by atoms with E-state index in [1.54, 1.807) is 23.5 Å². The van der Waals surface area contributed by atoms with E-state index in [-0.39, 0.29) is 5.75 Å². The highest BCUT2D eigenvalue weighted by Gasteiger charge is 2.09. The topological polar surface area (TPSA) is 32.3 Å². The van der Waals surface area contributed by atoms with Crippen molar-refractivity contribution in [1.29, 1.82) is 0 Å². The van der Waals surface area contributed by atoms with Crippen LogP contribution in [0.4, 0.5) is 5.69 Å². The largest absolute Gasteiger partial charge is 0.508 e. The zero-order chi connectivity index (χ0) is 13.2. The third kappa shape index (κ3) is 2.53. The molecule has 1 aromatic heterocycles. The van der Waals surface area contributed by atoms with E-state index in [1.165, 1.54) is 4.70 Å². The number of benzene rings is 2. The molecule has 0 spiro atoms. The SMILES string of the molecule is Oc1ccc(NCc2sc3ccccc3c2Cl)cc1. The number of phenols is 1. The number of aromatic hydroxyl groups is 1. The summed E-state index contributed by atoms with van der Waals surface area (Å²) in [7, 11) is 0. The first kappa shape index (κ1) is 12.3. The minimum absolute atomic E-state index is 0.269. The molecule has 2 aromatic carbocycles. The molecule has 0 saturated heterocycles. The number of rotatable bonds is 3. The third-order valence-corrected chi connectivity index (χ3v) is 4.64. The second-order valence-electron chi connectivity index (χ2n) is 4.24. The molecule has 0 amide bonds. The van der Waals surface area contributed by atoms with Crippen molar-refractivity contribution in [2.75, 3.05) is 5.32 Å². The molecule has 0 aliphatic rings. The maximum atomic E-state index is 9.23. The van der Waals surface area contributed by atoms with E-state index < -0.39 is 0 Å². The molecule has 2 nitrogen and oxygen atoms in total. The van der Waals surface area contributed by atoms with Crippen molar-refractivity contribution < 1.29 is 5.11 Å². The van der Waals surface area contributed by atoms with E-state index in [0.29, 0.717) is 6.54 Å². The van der Waals surface area contributed by atoms with Crippen molar-refractivity contribution in [3.05, 3.63) is 58.4 Å². The predicted octanol–water partition coefficient (Wildman–Crippen LogP) is 4.87. The Kier molecular flexibility index (Phi) is 3.32. The fraction of sp³-hybridized carbons (Fsp3) is 0.0667. The third-order valence-electron chi connectivity index (χ3n) is 2.92. The maximum absolute atomic E-state index is 9.23. The van der Waals surface area contributed by atoms with Crippen molar-refractivity contribution in [2.24, 2.45) is 0 Å². The Bertz CT molecular complexity index is 706. The highest BCUT2D eigenvalue weighted by molar-refractivity contribution is 7.19. The molecule has 0 fully saturated rings. The quantitative estimate of drug-likeness (QED) is 0.674. The van der Waals surface area contributed by atoms with Gasteiger partial charge in [0.05, 0.1) is 11.6 Å². The van der Waals surface area contributed by atoms with Crippen LogP contribution in [0.3, 0.4) is 0 Å². The number of phenolic OH excluding ortho intramolecular Hbond substituents is 1. The first-order valence-corrected chi connectivity index (χ1v) is 7.12. The smallest absolute Gasteiger partial charge is 0.115 e. The van der Waals surface area contributed by atoms with Gasteiger partial charge in [-0.1, -0.05) is 29.8 Å². The molecule has 0 aliphatic heterocycles. The first-order valence-electron chi connectivity index (χ1n) is 5.93. The molecule has 0 saturated carbocycles. The van der Waals surface area contributed by atoms with E-state index in [2.05, 4.69) is 11.4 Å². The summed E-state index contributed by atoms with van der Waals surface area (Å²) < 4.78 is 1.20. The molecular weight excluding hydrogens is 278 g/mol. The fourth-order valence-corrected chi connectivity index (χ4v) is 3.38. The van der Waals surface area contributed by atoms with Crippen molar-refractivity contribution >= 4 is 38.7 Å². The Morgan fingerprint density at radius 3 is 2.53 bits per heavy atom. The number of hydrogen-bond acceptors (Lipinski definition) is 3. The van der Waals surface area contributed by atoms with Crippen LogP contribution in [0.5, 0.6) is 5.75 Å². The number of halogens is 1. The minimum Gasteiger partial charge on any atom is -0.508 e. The van der Waals surface area contributed by atoms with Gasteiger partial charge in [0.15, 0.2) is 0 Å². The Morgan fingerprint density at radius 2 is 1.79 bits per heavy atom. The zero-order valence-corrected chi connectivity index (χ0v) is 11.6. The van der Waals surface area contributed by atoms with Crippen LogP contribution in [0.25, 0.3) is 10.1 Å². The predicted molar refractivity (Wildman–Crippen MR) is 82.3 cm³/mol. The lowest BCUT2D eigenvalue weighted by molar-refractivity contribution is 0.475. The van der Waals surface area contributed by atoms with Gasteiger partial charge >= 0.3 is 0 Å². The molecule has 0 bridgehead atoms. The molecule has 3 aromatic rings. The van der Waals surface area contributed by atoms with Gasteiger partial charge in [-0.2, -0.15) is 0 Å². The second-order valence-corrected chi connectivity index (χ2v) is 5.75. The lowest BCUT2D eigenvalue weighted by Crippen LogP contribution is -1.97. The highest BCUT2D eigenvalue weighted by atomic mass is 35.5. The van der Waals surface area contributed by atoms with Gasteiger partial charge in [-0.3, -0.25) is 0 Å². The standard InChI is InChI=1S/C15H12ClNOS/c16-15-12-3-1-2-4-13(12)19-14(15)9-17-10-5-7-11(18)8-6-10/h1-8,17-18H,9H2. The fourth-order valence-electron chi connectivity index (χ4n) is 1.94. The molecule has 0 atom stereocenters. The summed E-state index contributed by atoms with van der Waals surface area (Å²) in [5.74, 6) is 0.269. The molecule has 2 N–H and O–H groups in total. The highest BCUT2D eigenvalue weighted by Crippen LogP contribution is 2.35. The lowest BCUT2D eigenvalue weighted by atomic mass is 10.2. The van der Waals surface area contributed by atoms with Crippen LogP contribution < -0.4 is 5.32 Å². The van der Waals surface area contributed by atoms with Crippen LogP contribution in [0.1, 0.15) is 4.88 Å². The Hall–Kier alpha value is -1.71. The maximum Gasteiger partial charge on any atom is 0.115 e. The van der Waals surface area contributed by atoms with Crippen molar-refractivity contribution in [2.45, 2.75) is 6.54 Å². The van der Waals surface area contributed by atoms with E-state index in [9.17, 15) is 5.11 Å². The molecule has 0 aliphatic carbocycles. The van der Waals surface area contributed by atoms with Crippen LogP contribution in [0.2, 0.25) is 5.02 Å². The number of hydrogen-bond donors (Lipinski definition) is 2. The number of nitrogens with one attached hydrogen (secondary N) is 1. The molecule has 96 valence electrons. The summed E-state index contributed by atoms with van der Waals surface area (Å²) in [5.41, 5.74) is 0.964. The van der Waals surface area contributed by atoms with E-state index in [0.717, 1.165) is 21.0 Å². The molecular formula is C15H12ClNOS.